The van der Waals surface area contributed by atoms with E-state index < -0.39 is 0 Å². The Morgan fingerprint density at radius 3 is 2.39 bits per heavy atom. The largest absolute Gasteiger partial charge is 0.383 e. The number of anilines is 3. The second kappa shape index (κ2) is 8.48. The van der Waals surface area contributed by atoms with Gasteiger partial charge in [-0.05, 0) is 30.9 Å². The van der Waals surface area contributed by atoms with Gasteiger partial charge in [-0.1, -0.05) is 32.0 Å². The number of hydrogen-bond acceptors (Lipinski definition) is 5. The van der Waals surface area contributed by atoms with Crippen LogP contribution in [0.4, 0.5) is 17.5 Å². The molecule has 0 aliphatic rings. The molecule has 0 aliphatic carbocycles. The molecule has 1 heterocycles. The van der Waals surface area contributed by atoms with Gasteiger partial charge >= 0.3 is 0 Å². The van der Waals surface area contributed by atoms with Crippen LogP contribution in [0.5, 0.6) is 0 Å². The molecule has 0 atom stereocenters. The van der Waals surface area contributed by atoms with Crippen molar-refractivity contribution in [3.8, 4) is 0 Å². The molecule has 0 radical (unpaired) electrons. The van der Waals surface area contributed by atoms with Gasteiger partial charge in [-0.15, -0.1) is 0 Å². The van der Waals surface area contributed by atoms with Crippen LogP contribution in [0, 0.1) is 6.92 Å². The third-order valence-corrected chi connectivity index (χ3v) is 3.70. The van der Waals surface area contributed by atoms with E-state index in [-0.39, 0.29) is 0 Å². The Kier molecular flexibility index (Phi) is 6.35. The molecule has 0 amide bonds. The summed E-state index contributed by atoms with van der Waals surface area (Å²) in [6.07, 6.45) is 1.97. The number of nitrogens with zero attached hydrogens (tertiary/aromatic N) is 2. The number of rotatable bonds is 8. The molecule has 0 saturated heterocycles. The molecular weight excluding hydrogens is 288 g/mol. The van der Waals surface area contributed by atoms with Crippen molar-refractivity contribution in [2.24, 2.45) is 0 Å². The first kappa shape index (κ1) is 17.2. The Morgan fingerprint density at radius 1 is 1.09 bits per heavy atom. The van der Waals surface area contributed by atoms with Gasteiger partial charge < -0.3 is 15.4 Å². The van der Waals surface area contributed by atoms with Crippen LogP contribution in [0.2, 0.25) is 0 Å². The highest BCUT2D eigenvalue weighted by Crippen LogP contribution is 2.26. The molecule has 5 nitrogen and oxygen atoms in total. The fraction of sp³-hybridized carbons (Fsp3) is 0.444. The Morgan fingerprint density at radius 2 is 1.78 bits per heavy atom. The van der Waals surface area contributed by atoms with E-state index in [2.05, 4.69) is 52.6 Å². The number of hydrogen-bond donors (Lipinski definition) is 2. The monoisotopic (exact) mass is 314 g/mol. The average Bonchev–Trinajstić information content (AvgIpc) is 2.55. The average molecular weight is 314 g/mol. The van der Waals surface area contributed by atoms with Crippen molar-refractivity contribution in [2.75, 3.05) is 30.9 Å². The maximum Gasteiger partial charge on any atom is 0.224 e. The van der Waals surface area contributed by atoms with E-state index in [1.165, 1.54) is 16.8 Å². The smallest absolute Gasteiger partial charge is 0.224 e. The summed E-state index contributed by atoms with van der Waals surface area (Å²) in [5, 5.41) is 6.67. The van der Waals surface area contributed by atoms with Crippen molar-refractivity contribution in [3.63, 3.8) is 0 Å². The lowest BCUT2D eigenvalue weighted by Crippen LogP contribution is -2.11. The number of methoxy groups -OCH3 is 1. The predicted octanol–water partition coefficient (Wildman–Crippen LogP) is 3.71. The fourth-order valence-corrected chi connectivity index (χ4v) is 2.51. The first-order valence-electron chi connectivity index (χ1n) is 8.14. The van der Waals surface area contributed by atoms with Gasteiger partial charge in [-0.3, -0.25) is 0 Å². The molecule has 1 aromatic carbocycles. The molecule has 5 heteroatoms. The molecule has 1 aromatic heterocycles. The van der Waals surface area contributed by atoms with Crippen LogP contribution in [0.25, 0.3) is 0 Å². The minimum Gasteiger partial charge on any atom is -0.383 e. The van der Waals surface area contributed by atoms with Crippen LogP contribution in [0.15, 0.2) is 24.3 Å². The minimum atomic E-state index is 0.622. The number of benzene rings is 1. The second-order valence-electron chi connectivity index (χ2n) is 5.42. The molecule has 2 N–H and O–H groups in total. The Hall–Kier alpha value is -2.14. The highest BCUT2D eigenvalue weighted by atomic mass is 16.5. The van der Waals surface area contributed by atoms with Gasteiger partial charge in [0.15, 0.2) is 0 Å². The fourth-order valence-electron chi connectivity index (χ4n) is 2.51. The van der Waals surface area contributed by atoms with Gasteiger partial charge in [-0.2, -0.15) is 4.98 Å². The standard InChI is InChI=1S/C18H26N4O/c1-5-14-8-7-9-15(6-2)17(14)21-16-12-13(3)20-18(22-16)19-10-11-23-4/h7-9,12H,5-6,10-11H2,1-4H3,(H2,19,20,21,22). The Bertz CT molecular complexity index is 621. The number of para-hydroxylation sites is 1. The highest BCUT2D eigenvalue weighted by molar-refractivity contribution is 5.66. The Balaban J connectivity index is 2.26. The third kappa shape index (κ3) is 4.66. The highest BCUT2D eigenvalue weighted by Gasteiger charge is 2.09. The summed E-state index contributed by atoms with van der Waals surface area (Å²) in [5.41, 5.74) is 4.69. The first-order chi connectivity index (χ1) is 11.2. The second-order valence-corrected chi connectivity index (χ2v) is 5.42. The van der Waals surface area contributed by atoms with E-state index >= 15 is 0 Å². The molecule has 2 rings (SSSR count). The SMILES string of the molecule is CCc1cccc(CC)c1Nc1cc(C)nc(NCCOC)n1. The van der Waals surface area contributed by atoms with Crippen molar-refractivity contribution in [1.29, 1.82) is 0 Å². The van der Waals surface area contributed by atoms with Crippen LogP contribution in [0.3, 0.4) is 0 Å². The van der Waals surface area contributed by atoms with Crippen LogP contribution in [0.1, 0.15) is 30.7 Å². The van der Waals surface area contributed by atoms with Crippen molar-refractivity contribution in [3.05, 3.63) is 41.1 Å². The molecular formula is C18H26N4O. The lowest BCUT2D eigenvalue weighted by molar-refractivity contribution is 0.210. The summed E-state index contributed by atoms with van der Waals surface area (Å²) in [4.78, 5) is 8.98. The van der Waals surface area contributed by atoms with Crippen LogP contribution in [-0.4, -0.2) is 30.2 Å². The van der Waals surface area contributed by atoms with Crippen LogP contribution < -0.4 is 10.6 Å². The molecule has 0 unspecified atom stereocenters. The Labute approximate surface area is 138 Å². The summed E-state index contributed by atoms with van der Waals surface area (Å²) in [6, 6.07) is 8.40. The van der Waals surface area contributed by atoms with E-state index in [1.807, 2.05) is 13.0 Å². The lowest BCUT2D eigenvalue weighted by atomic mass is 10.0. The van der Waals surface area contributed by atoms with Crippen molar-refractivity contribution in [2.45, 2.75) is 33.6 Å². The zero-order valence-electron chi connectivity index (χ0n) is 14.4. The molecule has 0 bridgehead atoms. The van der Waals surface area contributed by atoms with E-state index in [0.29, 0.717) is 19.1 Å². The summed E-state index contributed by atoms with van der Waals surface area (Å²) >= 11 is 0. The number of ether oxygens (including phenoxy) is 1. The van der Waals surface area contributed by atoms with Crippen molar-refractivity contribution >= 4 is 17.5 Å². The van der Waals surface area contributed by atoms with Gasteiger partial charge in [0.2, 0.25) is 5.95 Å². The molecule has 0 saturated carbocycles. The zero-order chi connectivity index (χ0) is 16.7. The number of aryl methyl sites for hydroxylation is 3. The molecule has 0 aliphatic heterocycles. The molecule has 124 valence electrons. The van der Waals surface area contributed by atoms with Crippen LogP contribution >= 0.6 is 0 Å². The molecule has 2 aromatic rings. The molecule has 23 heavy (non-hydrogen) atoms. The van der Waals surface area contributed by atoms with E-state index in [4.69, 9.17) is 4.74 Å². The van der Waals surface area contributed by atoms with Gasteiger partial charge in [0, 0.05) is 31.1 Å². The lowest BCUT2D eigenvalue weighted by Gasteiger charge is -2.16. The first-order valence-corrected chi connectivity index (χ1v) is 8.14. The topological polar surface area (TPSA) is 59.1 Å². The van der Waals surface area contributed by atoms with Gasteiger partial charge in [0.05, 0.1) is 6.61 Å². The zero-order valence-corrected chi connectivity index (χ0v) is 14.4. The predicted molar refractivity (Wildman–Crippen MR) is 95.6 cm³/mol. The van der Waals surface area contributed by atoms with Crippen LogP contribution in [-0.2, 0) is 17.6 Å². The molecule has 0 spiro atoms. The summed E-state index contributed by atoms with van der Waals surface area (Å²) in [6.45, 7) is 7.62. The van der Waals surface area contributed by atoms with Gasteiger partial charge in [-0.25, -0.2) is 4.98 Å². The van der Waals surface area contributed by atoms with Gasteiger partial charge in [0.1, 0.15) is 5.82 Å². The number of aromatic nitrogens is 2. The van der Waals surface area contributed by atoms with E-state index in [1.54, 1.807) is 7.11 Å². The van der Waals surface area contributed by atoms with E-state index in [0.717, 1.165) is 24.4 Å². The van der Waals surface area contributed by atoms with Crippen molar-refractivity contribution in [1.82, 2.24) is 9.97 Å². The summed E-state index contributed by atoms with van der Waals surface area (Å²) in [7, 11) is 1.68. The minimum absolute atomic E-state index is 0.622. The maximum atomic E-state index is 5.05. The summed E-state index contributed by atoms with van der Waals surface area (Å²) < 4.78 is 5.05. The normalized spacial score (nSPS) is 10.6. The molecule has 0 fully saturated rings. The van der Waals surface area contributed by atoms with Gasteiger partial charge in [0.25, 0.3) is 0 Å². The van der Waals surface area contributed by atoms with Crippen molar-refractivity contribution < 1.29 is 4.74 Å². The number of nitrogens with one attached hydrogen (secondary N) is 2. The summed E-state index contributed by atoms with van der Waals surface area (Å²) in [5.74, 6) is 1.43. The maximum absolute atomic E-state index is 5.05. The quantitative estimate of drug-likeness (QED) is 0.727. The third-order valence-electron chi connectivity index (χ3n) is 3.70. The van der Waals surface area contributed by atoms with E-state index in [9.17, 15) is 0 Å².